The van der Waals surface area contributed by atoms with Crippen LogP contribution in [0.15, 0.2) is 42.6 Å². The number of nitrogens with zero attached hydrogens (tertiary/aromatic N) is 5. The molecular weight excluding hydrogens is 342 g/mol. The first kappa shape index (κ1) is 16.3. The van der Waals surface area contributed by atoms with Crippen LogP contribution >= 0.6 is 11.7 Å². The number of hydrogen-bond donors (Lipinski definition) is 0. The van der Waals surface area contributed by atoms with Gasteiger partial charge >= 0.3 is 0 Å². The molecule has 0 unspecified atom stereocenters. The molecule has 3 saturated heterocycles. The molecule has 2 bridgehead atoms. The summed E-state index contributed by atoms with van der Waals surface area (Å²) >= 11 is 1.30. The maximum atomic E-state index is 4.52. The van der Waals surface area contributed by atoms with Crippen molar-refractivity contribution in [2.75, 3.05) is 19.6 Å². The van der Waals surface area contributed by atoms with E-state index >= 15 is 0 Å². The highest BCUT2D eigenvalue weighted by Crippen LogP contribution is 2.30. The van der Waals surface area contributed by atoms with Crippen molar-refractivity contribution in [3.8, 4) is 0 Å². The summed E-state index contributed by atoms with van der Waals surface area (Å²) in [7, 11) is 0. The summed E-state index contributed by atoms with van der Waals surface area (Å²) in [6.45, 7) is 5.53. The lowest BCUT2D eigenvalue weighted by Gasteiger charge is -2.36. The van der Waals surface area contributed by atoms with Gasteiger partial charge in [0.2, 0.25) is 0 Å². The zero-order chi connectivity index (χ0) is 17.3. The highest BCUT2D eigenvalue weighted by Gasteiger charge is 2.34. The number of piperidine rings is 1. The fourth-order valence-corrected chi connectivity index (χ4v) is 5.00. The summed E-state index contributed by atoms with van der Waals surface area (Å²) in [6.07, 6.45) is 4.57. The molecule has 2 aromatic heterocycles. The molecule has 6 rings (SSSR count). The monoisotopic (exact) mass is 365 g/mol. The van der Waals surface area contributed by atoms with Gasteiger partial charge in [-0.25, -0.2) is 0 Å². The van der Waals surface area contributed by atoms with Gasteiger partial charge in [-0.1, -0.05) is 12.1 Å². The molecule has 1 aromatic carbocycles. The molecule has 6 heteroatoms. The first-order valence-electron chi connectivity index (χ1n) is 9.41. The van der Waals surface area contributed by atoms with E-state index in [1.807, 2.05) is 12.3 Å². The van der Waals surface area contributed by atoms with E-state index in [9.17, 15) is 0 Å². The molecular formula is C20H23N5S. The second-order valence-corrected chi connectivity index (χ2v) is 8.16. The van der Waals surface area contributed by atoms with E-state index in [2.05, 4.69) is 53.9 Å². The quantitative estimate of drug-likeness (QED) is 0.710. The number of rotatable bonds is 4. The third kappa shape index (κ3) is 3.37. The van der Waals surface area contributed by atoms with Crippen LogP contribution in [-0.2, 0) is 13.1 Å². The summed E-state index contributed by atoms with van der Waals surface area (Å²) in [5.74, 6) is 0.766. The predicted molar refractivity (Wildman–Crippen MR) is 104 cm³/mol. The van der Waals surface area contributed by atoms with E-state index < -0.39 is 0 Å². The summed E-state index contributed by atoms with van der Waals surface area (Å²) in [5.41, 5.74) is 4.58. The average Bonchev–Trinajstić information content (AvgIpc) is 2.96. The molecule has 3 fully saturated rings. The van der Waals surface area contributed by atoms with Crippen molar-refractivity contribution in [1.82, 2.24) is 23.5 Å². The van der Waals surface area contributed by atoms with Crippen molar-refractivity contribution >= 4 is 22.8 Å². The van der Waals surface area contributed by atoms with Crippen LogP contribution in [0.4, 0.5) is 0 Å². The SMILES string of the molecule is c1ccc(CN2C[C@H]3CC[C@@H](C2)N(Cc2ccc4nsnc4c2)C3)nc1. The van der Waals surface area contributed by atoms with Crippen molar-refractivity contribution in [3.05, 3.63) is 53.9 Å². The third-order valence-electron chi connectivity index (χ3n) is 5.72. The van der Waals surface area contributed by atoms with E-state index in [1.165, 1.54) is 48.9 Å². The van der Waals surface area contributed by atoms with Gasteiger partial charge in [-0.2, -0.15) is 8.75 Å². The Balaban J connectivity index is 1.30. The lowest BCUT2D eigenvalue weighted by Crippen LogP contribution is -2.43. The Hall–Kier alpha value is -1.89. The van der Waals surface area contributed by atoms with Crippen LogP contribution in [0, 0.1) is 5.92 Å². The van der Waals surface area contributed by atoms with Gasteiger partial charge in [-0.05, 0) is 48.6 Å². The summed E-state index contributed by atoms with van der Waals surface area (Å²) in [6, 6.07) is 13.4. The molecule has 3 aliphatic rings. The fraction of sp³-hybridized carbons (Fsp3) is 0.450. The van der Waals surface area contributed by atoms with Crippen LogP contribution in [0.5, 0.6) is 0 Å². The molecule has 5 heterocycles. The molecule has 26 heavy (non-hydrogen) atoms. The van der Waals surface area contributed by atoms with Gasteiger partial charge in [-0.15, -0.1) is 0 Å². The minimum absolute atomic E-state index is 0.640. The minimum atomic E-state index is 0.640. The summed E-state index contributed by atoms with van der Waals surface area (Å²) in [5, 5.41) is 0. The lowest BCUT2D eigenvalue weighted by atomic mass is 9.94. The van der Waals surface area contributed by atoms with E-state index in [-0.39, 0.29) is 0 Å². The van der Waals surface area contributed by atoms with E-state index in [4.69, 9.17) is 0 Å². The van der Waals surface area contributed by atoms with Gasteiger partial charge in [0.1, 0.15) is 11.0 Å². The first-order chi connectivity index (χ1) is 12.8. The topological polar surface area (TPSA) is 45.2 Å². The Labute approximate surface area is 158 Å². The molecule has 0 spiro atoms. The normalized spacial score (nSPS) is 24.2. The van der Waals surface area contributed by atoms with Crippen LogP contribution in [-0.4, -0.2) is 49.2 Å². The number of benzene rings is 1. The number of pyridine rings is 1. The van der Waals surface area contributed by atoms with Crippen molar-refractivity contribution in [1.29, 1.82) is 0 Å². The van der Waals surface area contributed by atoms with Gasteiger partial charge in [0, 0.05) is 45.0 Å². The predicted octanol–water partition coefficient (Wildman–Crippen LogP) is 3.18. The molecule has 134 valence electrons. The molecule has 3 aliphatic heterocycles. The lowest BCUT2D eigenvalue weighted by molar-refractivity contribution is 0.123. The molecule has 0 amide bonds. The Morgan fingerprint density at radius 3 is 2.85 bits per heavy atom. The Morgan fingerprint density at radius 1 is 0.962 bits per heavy atom. The van der Waals surface area contributed by atoms with Gasteiger partial charge in [0.25, 0.3) is 0 Å². The van der Waals surface area contributed by atoms with Crippen molar-refractivity contribution in [2.24, 2.45) is 5.92 Å². The molecule has 0 N–H and O–H groups in total. The highest BCUT2D eigenvalue weighted by molar-refractivity contribution is 7.00. The van der Waals surface area contributed by atoms with Crippen LogP contribution < -0.4 is 0 Å². The molecule has 5 nitrogen and oxygen atoms in total. The minimum Gasteiger partial charge on any atom is -0.296 e. The zero-order valence-corrected chi connectivity index (χ0v) is 15.6. The standard InChI is InChI=1S/C20H23N5S/c1-2-8-21-17(3-1)13-24-10-16-4-6-18(14-24)25(12-16)11-15-5-7-19-20(9-15)23-26-22-19/h1-3,5,7-9,16,18H,4,6,10-14H2/t16-,18+/m1/s1. The Kier molecular flexibility index (Phi) is 4.40. The Morgan fingerprint density at radius 2 is 1.92 bits per heavy atom. The third-order valence-corrected chi connectivity index (χ3v) is 6.27. The summed E-state index contributed by atoms with van der Waals surface area (Å²) < 4.78 is 8.71. The largest absolute Gasteiger partial charge is 0.296 e. The Bertz CT molecular complexity index is 880. The highest BCUT2D eigenvalue weighted by atomic mass is 32.1. The molecule has 0 radical (unpaired) electrons. The van der Waals surface area contributed by atoms with E-state index in [1.54, 1.807) is 0 Å². The second-order valence-electron chi connectivity index (χ2n) is 7.63. The van der Waals surface area contributed by atoms with Gasteiger partial charge < -0.3 is 0 Å². The number of aromatic nitrogens is 3. The average molecular weight is 366 g/mol. The molecule has 0 saturated carbocycles. The molecule has 2 atom stereocenters. The van der Waals surface area contributed by atoms with Crippen molar-refractivity contribution in [3.63, 3.8) is 0 Å². The van der Waals surface area contributed by atoms with Crippen molar-refractivity contribution in [2.45, 2.75) is 32.0 Å². The zero-order valence-electron chi connectivity index (χ0n) is 14.8. The second kappa shape index (κ2) is 7.02. The smallest absolute Gasteiger partial charge is 0.105 e. The van der Waals surface area contributed by atoms with Gasteiger partial charge in [-0.3, -0.25) is 14.8 Å². The van der Waals surface area contributed by atoms with E-state index in [0.29, 0.717) is 6.04 Å². The van der Waals surface area contributed by atoms with E-state index in [0.717, 1.165) is 36.6 Å². The summed E-state index contributed by atoms with van der Waals surface area (Å²) in [4.78, 5) is 9.81. The maximum absolute atomic E-state index is 4.52. The van der Waals surface area contributed by atoms with Crippen LogP contribution in [0.25, 0.3) is 11.0 Å². The van der Waals surface area contributed by atoms with Gasteiger partial charge in [0.05, 0.1) is 17.4 Å². The number of hydrogen-bond acceptors (Lipinski definition) is 6. The number of fused-ring (bicyclic) bond motifs is 5. The first-order valence-corrected chi connectivity index (χ1v) is 10.1. The fourth-order valence-electron chi connectivity index (χ4n) is 4.48. The molecule has 0 aliphatic carbocycles. The van der Waals surface area contributed by atoms with Crippen LogP contribution in [0.3, 0.4) is 0 Å². The van der Waals surface area contributed by atoms with Gasteiger partial charge in [0.15, 0.2) is 0 Å². The van der Waals surface area contributed by atoms with Crippen LogP contribution in [0.2, 0.25) is 0 Å². The maximum Gasteiger partial charge on any atom is 0.105 e. The van der Waals surface area contributed by atoms with Crippen LogP contribution in [0.1, 0.15) is 24.1 Å². The van der Waals surface area contributed by atoms with Crippen molar-refractivity contribution < 1.29 is 0 Å². The molecule has 3 aromatic rings.